The zero-order chi connectivity index (χ0) is 23.7. The van der Waals surface area contributed by atoms with Crippen LogP contribution in [-0.4, -0.2) is 69.3 Å². The quantitative estimate of drug-likeness (QED) is 0.338. The van der Waals surface area contributed by atoms with Crippen LogP contribution in [0.3, 0.4) is 0 Å². The highest BCUT2D eigenvalue weighted by atomic mass is 28.3. The van der Waals surface area contributed by atoms with Gasteiger partial charge >= 0.3 is 6.09 Å². The molecule has 1 aromatic carbocycles. The first-order valence-corrected chi connectivity index (χ1v) is 14.7. The second-order valence-electron chi connectivity index (χ2n) is 10.4. The summed E-state index contributed by atoms with van der Waals surface area (Å²) in [7, 11) is 0.368. The highest BCUT2D eigenvalue weighted by Crippen LogP contribution is 2.41. The van der Waals surface area contributed by atoms with Crippen LogP contribution in [0.2, 0.25) is 25.7 Å². The molecule has 1 aromatic rings. The molecule has 0 unspecified atom stereocenters. The SMILES string of the molecule is CN(CC1OCC(c2cc3c(cc2[N+](=O)[O-])CC(C)(C)O3)CO1)C(=O)OCC[Si](C)(C)C. The minimum atomic E-state index is -1.27. The Morgan fingerprint density at radius 3 is 2.53 bits per heavy atom. The number of nitrogens with zero attached hydrogens (tertiary/aromatic N) is 2. The molecule has 10 heteroatoms. The van der Waals surface area contributed by atoms with Gasteiger partial charge in [0, 0.05) is 44.7 Å². The van der Waals surface area contributed by atoms with Gasteiger partial charge in [0.15, 0.2) is 6.29 Å². The predicted molar refractivity (Wildman–Crippen MR) is 122 cm³/mol. The predicted octanol–water partition coefficient (Wildman–Crippen LogP) is 4.17. The summed E-state index contributed by atoms with van der Waals surface area (Å²) in [5.41, 5.74) is 1.07. The molecule has 0 aromatic heterocycles. The van der Waals surface area contributed by atoms with E-state index in [0.717, 1.165) is 11.6 Å². The summed E-state index contributed by atoms with van der Waals surface area (Å²) < 4.78 is 22.9. The van der Waals surface area contributed by atoms with E-state index in [9.17, 15) is 14.9 Å². The highest BCUT2D eigenvalue weighted by molar-refractivity contribution is 6.76. The summed E-state index contributed by atoms with van der Waals surface area (Å²) in [6.45, 7) is 11.7. The van der Waals surface area contributed by atoms with Gasteiger partial charge in [-0.05, 0) is 26.0 Å². The highest BCUT2D eigenvalue weighted by Gasteiger charge is 2.36. The fourth-order valence-corrected chi connectivity index (χ4v) is 4.53. The number of carbonyl (C=O) groups excluding carboxylic acids is 1. The lowest BCUT2D eigenvalue weighted by Gasteiger charge is -2.31. The van der Waals surface area contributed by atoms with Gasteiger partial charge in [0.2, 0.25) is 0 Å². The standard InChI is InChI=1S/C22H34N2O7Si/c1-22(2)11-15-9-18(24(26)27)17(10-19(15)31-22)16-13-29-20(30-14-16)12-23(3)21(25)28-7-8-32(4,5)6/h9-10,16,20H,7-8,11-14H2,1-6H3. The second-order valence-corrected chi connectivity index (χ2v) is 16.0. The topological polar surface area (TPSA) is 100 Å². The van der Waals surface area contributed by atoms with E-state index < -0.39 is 20.5 Å². The van der Waals surface area contributed by atoms with Crippen LogP contribution < -0.4 is 4.74 Å². The van der Waals surface area contributed by atoms with Crippen molar-refractivity contribution in [2.24, 2.45) is 0 Å². The third-order valence-corrected chi connectivity index (χ3v) is 7.33. The van der Waals surface area contributed by atoms with Gasteiger partial charge in [-0.3, -0.25) is 10.1 Å². The number of rotatable bonds is 7. The maximum Gasteiger partial charge on any atom is 0.409 e. The Balaban J connectivity index is 1.57. The van der Waals surface area contributed by atoms with Crippen LogP contribution in [-0.2, 0) is 20.6 Å². The summed E-state index contributed by atoms with van der Waals surface area (Å²) in [4.78, 5) is 24.9. The summed E-state index contributed by atoms with van der Waals surface area (Å²) in [5.74, 6) is 0.386. The molecule has 0 N–H and O–H groups in total. The zero-order valence-corrected chi connectivity index (χ0v) is 20.8. The molecule has 1 saturated heterocycles. The Labute approximate surface area is 190 Å². The van der Waals surface area contributed by atoms with Gasteiger partial charge in [-0.25, -0.2) is 4.79 Å². The molecular formula is C22H34N2O7Si. The maximum atomic E-state index is 12.2. The zero-order valence-electron chi connectivity index (χ0n) is 19.8. The molecule has 2 aliphatic heterocycles. The molecule has 2 aliphatic rings. The molecule has 32 heavy (non-hydrogen) atoms. The first-order chi connectivity index (χ1) is 14.8. The molecular weight excluding hydrogens is 432 g/mol. The molecule has 1 amide bonds. The fraction of sp³-hybridized carbons (Fsp3) is 0.682. The van der Waals surface area contributed by atoms with Crippen molar-refractivity contribution in [3.63, 3.8) is 0 Å². The Hall–Kier alpha value is -2.17. The first-order valence-electron chi connectivity index (χ1n) is 11.0. The monoisotopic (exact) mass is 466 g/mol. The summed E-state index contributed by atoms with van der Waals surface area (Å²) in [6.07, 6.45) is -0.389. The van der Waals surface area contributed by atoms with Crippen LogP contribution in [0.5, 0.6) is 5.75 Å². The van der Waals surface area contributed by atoms with Crippen molar-refractivity contribution in [2.45, 2.75) is 63.8 Å². The van der Waals surface area contributed by atoms with E-state index in [1.807, 2.05) is 13.8 Å². The number of nitro groups is 1. The Kier molecular flexibility index (Phi) is 7.16. The fourth-order valence-electron chi connectivity index (χ4n) is 3.82. The lowest BCUT2D eigenvalue weighted by atomic mass is 9.94. The average Bonchev–Trinajstić information content (AvgIpc) is 2.99. The molecule has 0 aliphatic carbocycles. The lowest BCUT2D eigenvalue weighted by molar-refractivity contribution is -0.386. The largest absolute Gasteiger partial charge is 0.487 e. The molecule has 0 saturated carbocycles. The number of hydrogen-bond acceptors (Lipinski definition) is 7. The van der Waals surface area contributed by atoms with Crippen molar-refractivity contribution in [3.8, 4) is 5.75 Å². The number of ether oxygens (including phenoxy) is 4. The Morgan fingerprint density at radius 2 is 1.94 bits per heavy atom. The average molecular weight is 467 g/mol. The number of likely N-dealkylation sites (N-methyl/N-ethyl adjacent to an activating group) is 1. The molecule has 0 bridgehead atoms. The number of carbonyl (C=O) groups is 1. The van der Waals surface area contributed by atoms with Gasteiger partial charge in [0.05, 0.1) is 31.3 Å². The second kappa shape index (κ2) is 9.36. The Bertz CT molecular complexity index is 861. The van der Waals surface area contributed by atoms with Crippen LogP contribution in [0, 0.1) is 10.1 Å². The molecule has 0 radical (unpaired) electrons. The van der Waals surface area contributed by atoms with Crippen LogP contribution >= 0.6 is 0 Å². The van der Waals surface area contributed by atoms with Crippen LogP contribution in [0.15, 0.2) is 12.1 Å². The molecule has 3 rings (SSSR count). The van der Waals surface area contributed by atoms with Crippen molar-refractivity contribution < 1.29 is 28.7 Å². The maximum absolute atomic E-state index is 12.2. The number of amides is 1. The summed E-state index contributed by atoms with van der Waals surface area (Å²) in [6, 6.07) is 4.27. The molecule has 0 spiro atoms. The van der Waals surface area contributed by atoms with Gasteiger partial charge in [0.25, 0.3) is 5.69 Å². The van der Waals surface area contributed by atoms with Crippen molar-refractivity contribution in [2.75, 3.05) is 33.4 Å². The molecule has 9 nitrogen and oxygen atoms in total. The molecule has 178 valence electrons. The lowest BCUT2D eigenvalue weighted by Crippen LogP contribution is -2.41. The number of benzene rings is 1. The van der Waals surface area contributed by atoms with Crippen molar-refractivity contribution in [1.82, 2.24) is 4.90 Å². The van der Waals surface area contributed by atoms with Crippen molar-refractivity contribution >= 4 is 19.9 Å². The van der Waals surface area contributed by atoms with Gasteiger partial charge in [-0.15, -0.1) is 0 Å². The van der Waals surface area contributed by atoms with E-state index in [1.165, 1.54) is 4.90 Å². The van der Waals surface area contributed by atoms with Gasteiger partial charge in [-0.2, -0.15) is 0 Å². The third kappa shape index (κ3) is 6.20. The minimum absolute atomic E-state index is 0.0591. The van der Waals surface area contributed by atoms with Gasteiger partial charge in [-0.1, -0.05) is 19.6 Å². The molecule has 1 fully saturated rings. The number of nitro benzene ring substituents is 1. The van der Waals surface area contributed by atoms with E-state index in [1.54, 1.807) is 19.2 Å². The van der Waals surface area contributed by atoms with Crippen LogP contribution in [0.4, 0.5) is 10.5 Å². The van der Waals surface area contributed by atoms with Crippen LogP contribution in [0.1, 0.15) is 30.9 Å². The van der Waals surface area contributed by atoms with E-state index in [-0.39, 0.29) is 41.9 Å². The van der Waals surface area contributed by atoms with Gasteiger partial charge < -0.3 is 23.8 Å². The summed E-state index contributed by atoms with van der Waals surface area (Å²) >= 11 is 0. The van der Waals surface area contributed by atoms with Crippen molar-refractivity contribution in [3.05, 3.63) is 33.4 Å². The van der Waals surface area contributed by atoms with E-state index in [2.05, 4.69) is 19.6 Å². The normalized spacial score (nSPS) is 22.1. The number of fused-ring (bicyclic) bond motifs is 1. The van der Waals surface area contributed by atoms with Crippen molar-refractivity contribution in [1.29, 1.82) is 0 Å². The molecule has 2 heterocycles. The smallest absolute Gasteiger partial charge is 0.409 e. The molecule has 0 atom stereocenters. The summed E-state index contributed by atoms with van der Waals surface area (Å²) in [5, 5.41) is 11.7. The van der Waals surface area contributed by atoms with E-state index in [0.29, 0.717) is 24.3 Å². The van der Waals surface area contributed by atoms with E-state index in [4.69, 9.17) is 18.9 Å². The minimum Gasteiger partial charge on any atom is -0.487 e. The Morgan fingerprint density at radius 1 is 1.28 bits per heavy atom. The van der Waals surface area contributed by atoms with E-state index >= 15 is 0 Å². The van der Waals surface area contributed by atoms with Gasteiger partial charge in [0.1, 0.15) is 11.4 Å². The number of hydrogen-bond donors (Lipinski definition) is 0. The first kappa shape index (κ1) is 24.5. The third-order valence-electron chi connectivity index (χ3n) is 5.63. The van der Waals surface area contributed by atoms with Crippen LogP contribution in [0.25, 0.3) is 0 Å².